The van der Waals surface area contributed by atoms with Gasteiger partial charge in [-0.25, -0.2) is 0 Å². The number of hydrogen-bond donors (Lipinski definition) is 1. The number of benzene rings is 1. The molecule has 2 aromatic rings. The van der Waals surface area contributed by atoms with Gasteiger partial charge >= 0.3 is 0 Å². The van der Waals surface area contributed by atoms with Gasteiger partial charge in [0.1, 0.15) is 0 Å². The molecule has 0 aliphatic rings. The van der Waals surface area contributed by atoms with Crippen LogP contribution in [0.15, 0.2) is 33.2 Å². The Bertz CT molecular complexity index is 590. The Morgan fingerprint density at radius 2 is 1.90 bits per heavy atom. The number of hydrogen-bond acceptors (Lipinski definition) is 2. The maximum atomic E-state index is 4.49. The SMILES string of the molecule is CCCNC(Cc1c(Br)c(C)nn1C)c1ccc(Br)cc1. The molecule has 0 saturated carbocycles. The molecule has 0 spiro atoms. The first kappa shape index (κ1) is 16.7. The average Bonchev–Trinajstić information content (AvgIpc) is 2.70. The Labute approximate surface area is 143 Å². The Hall–Kier alpha value is -0.650. The van der Waals surface area contributed by atoms with Crippen LogP contribution in [0.1, 0.15) is 36.3 Å². The molecule has 0 amide bonds. The van der Waals surface area contributed by atoms with Gasteiger partial charge in [-0.15, -0.1) is 0 Å². The highest BCUT2D eigenvalue weighted by atomic mass is 79.9. The van der Waals surface area contributed by atoms with E-state index in [2.05, 4.69) is 73.5 Å². The molecule has 0 saturated heterocycles. The molecular formula is C16H21Br2N3. The normalized spacial score (nSPS) is 12.6. The summed E-state index contributed by atoms with van der Waals surface area (Å²) in [6.45, 7) is 5.23. The van der Waals surface area contributed by atoms with Crippen LogP contribution in [0.4, 0.5) is 0 Å². The second-order valence-corrected chi connectivity index (χ2v) is 6.94. The van der Waals surface area contributed by atoms with Crippen LogP contribution >= 0.6 is 31.9 Å². The highest BCUT2D eigenvalue weighted by Crippen LogP contribution is 2.26. The molecule has 3 nitrogen and oxygen atoms in total. The molecule has 0 bridgehead atoms. The third kappa shape index (κ3) is 4.18. The molecule has 1 unspecified atom stereocenters. The van der Waals surface area contributed by atoms with E-state index < -0.39 is 0 Å². The molecule has 0 radical (unpaired) electrons. The van der Waals surface area contributed by atoms with Gasteiger partial charge in [-0.3, -0.25) is 4.68 Å². The maximum absolute atomic E-state index is 4.49. The van der Waals surface area contributed by atoms with Crippen molar-refractivity contribution >= 4 is 31.9 Å². The van der Waals surface area contributed by atoms with Gasteiger partial charge in [0, 0.05) is 24.0 Å². The first-order chi connectivity index (χ1) is 10.0. The zero-order valence-corrected chi connectivity index (χ0v) is 15.8. The fourth-order valence-corrected chi connectivity index (χ4v) is 3.18. The summed E-state index contributed by atoms with van der Waals surface area (Å²) >= 11 is 7.16. The number of nitrogens with zero attached hydrogens (tertiary/aromatic N) is 2. The minimum Gasteiger partial charge on any atom is -0.310 e. The van der Waals surface area contributed by atoms with E-state index in [4.69, 9.17) is 0 Å². The van der Waals surface area contributed by atoms with E-state index in [0.717, 1.165) is 34.0 Å². The molecule has 2 rings (SSSR count). The monoisotopic (exact) mass is 413 g/mol. The van der Waals surface area contributed by atoms with E-state index in [-0.39, 0.29) is 0 Å². The lowest BCUT2D eigenvalue weighted by Crippen LogP contribution is -2.25. The molecule has 0 aliphatic heterocycles. The molecule has 1 aromatic carbocycles. The highest BCUT2D eigenvalue weighted by Gasteiger charge is 2.17. The average molecular weight is 415 g/mol. The summed E-state index contributed by atoms with van der Waals surface area (Å²) < 4.78 is 4.20. The van der Waals surface area contributed by atoms with Gasteiger partial charge in [0.25, 0.3) is 0 Å². The summed E-state index contributed by atoms with van der Waals surface area (Å²) in [6, 6.07) is 8.84. The molecule has 5 heteroatoms. The lowest BCUT2D eigenvalue weighted by atomic mass is 10.0. The minimum absolute atomic E-state index is 0.296. The Morgan fingerprint density at radius 3 is 2.43 bits per heavy atom. The third-order valence-corrected chi connectivity index (χ3v) is 5.13. The van der Waals surface area contributed by atoms with Crippen molar-refractivity contribution in [3.05, 3.63) is 50.2 Å². The Morgan fingerprint density at radius 1 is 1.24 bits per heavy atom. The van der Waals surface area contributed by atoms with Crippen LogP contribution in [-0.2, 0) is 13.5 Å². The number of nitrogens with one attached hydrogen (secondary N) is 1. The summed E-state index contributed by atoms with van der Waals surface area (Å²) in [5, 5.41) is 8.13. The predicted octanol–water partition coefficient (Wildman–Crippen LogP) is 4.54. The zero-order valence-electron chi connectivity index (χ0n) is 12.7. The number of rotatable bonds is 6. The molecule has 1 N–H and O–H groups in total. The molecule has 114 valence electrons. The fraction of sp³-hybridized carbons (Fsp3) is 0.438. The summed E-state index contributed by atoms with van der Waals surface area (Å²) in [5.74, 6) is 0. The van der Waals surface area contributed by atoms with E-state index in [9.17, 15) is 0 Å². The first-order valence-corrected chi connectivity index (χ1v) is 8.78. The van der Waals surface area contributed by atoms with Crippen molar-refractivity contribution in [1.29, 1.82) is 0 Å². The van der Waals surface area contributed by atoms with Crippen LogP contribution in [-0.4, -0.2) is 16.3 Å². The standard InChI is InChI=1S/C16H21Br2N3/c1-4-9-19-14(12-5-7-13(17)8-6-12)10-15-16(18)11(2)20-21(15)3/h5-8,14,19H,4,9-10H2,1-3H3. The Balaban J connectivity index is 2.25. The first-order valence-electron chi connectivity index (χ1n) is 7.19. The summed E-state index contributed by atoms with van der Waals surface area (Å²) in [7, 11) is 2.01. The van der Waals surface area contributed by atoms with E-state index >= 15 is 0 Å². The van der Waals surface area contributed by atoms with Crippen molar-refractivity contribution in [2.75, 3.05) is 6.54 Å². The van der Waals surface area contributed by atoms with Gasteiger partial charge in [0.2, 0.25) is 0 Å². The van der Waals surface area contributed by atoms with Gasteiger partial charge in [-0.2, -0.15) is 5.10 Å². The van der Waals surface area contributed by atoms with Gasteiger partial charge < -0.3 is 5.32 Å². The van der Waals surface area contributed by atoms with Gasteiger partial charge in [-0.05, 0) is 53.5 Å². The van der Waals surface area contributed by atoms with Crippen LogP contribution in [0.2, 0.25) is 0 Å². The minimum atomic E-state index is 0.296. The molecule has 1 atom stereocenters. The summed E-state index contributed by atoms with van der Waals surface area (Å²) in [5.41, 5.74) is 3.57. The van der Waals surface area contributed by atoms with E-state index in [0.29, 0.717) is 6.04 Å². The molecule has 21 heavy (non-hydrogen) atoms. The lowest BCUT2D eigenvalue weighted by Gasteiger charge is -2.19. The fourth-order valence-electron chi connectivity index (χ4n) is 2.42. The van der Waals surface area contributed by atoms with Gasteiger partial charge in [0.15, 0.2) is 0 Å². The largest absolute Gasteiger partial charge is 0.310 e. The van der Waals surface area contributed by atoms with Crippen molar-refractivity contribution < 1.29 is 0 Å². The molecule has 1 aromatic heterocycles. The second kappa shape index (κ2) is 7.56. The van der Waals surface area contributed by atoms with Crippen LogP contribution in [0.3, 0.4) is 0 Å². The third-order valence-electron chi connectivity index (χ3n) is 3.57. The quantitative estimate of drug-likeness (QED) is 0.751. The second-order valence-electron chi connectivity index (χ2n) is 5.23. The predicted molar refractivity (Wildman–Crippen MR) is 94.5 cm³/mol. The topological polar surface area (TPSA) is 29.9 Å². The lowest BCUT2D eigenvalue weighted by molar-refractivity contribution is 0.511. The van der Waals surface area contributed by atoms with Crippen molar-refractivity contribution in [2.45, 2.75) is 32.7 Å². The summed E-state index contributed by atoms with van der Waals surface area (Å²) in [4.78, 5) is 0. The van der Waals surface area contributed by atoms with E-state index in [1.165, 1.54) is 11.3 Å². The number of aromatic nitrogens is 2. The van der Waals surface area contributed by atoms with Gasteiger partial charge in [-0.1, -0.05) is 35.0 Å². The van der Waals surface area contributed by atoms with Crippen LogP contribution in [0, 0.1) is 6.92 Å². The Kier molecular flexibility index (Phi) is 6.02. The van der Waals surface area contributed by atoms with Gasteiger partial charge in [0.05, 0.1) is 15.9 Å². The van der Waals surface area contributed by atoms with Crippen molar-refractivity contribution in [3.8, 4) is 0 Å². The number of aryl methyl sites for hydroxylation is 2. The van der Waals surface area contributed by atoms with Crippen LogP contribution in [0.5, 0.6) is 0 Å². The highest BCUT2D eigenvalue weighted by molar-refractivity contribution is 9.10. The maximum Gasteiger partial charge on any atom is 0.0738 e. The van der Waals surface area contributed by atoms with Crippen molar-refractivity contribution in [2.24, 2.45) is 7.05 Å². The number of halogens is 2. The summed E-state index contributed by atoms with van der Waals surface area (Å²) in [6.07, 6.45) is 2.04. The molecule has 0 aliphatic carbocycles. The molecule has 1 heterocycles. The smallest absolute Gasteiger partial charge is 0.0738 e. The van der Waals surface area contributed by atoms with E-state index in [1.807, 2.05) is 18.7 Å². The zero-order chi connectivity index (χ0) is 15.4. The van der Waals surface area contributed by atoms with E-state index in [1.54, 1.807) is 0 Å². The molecular weight excluding hydrogens is 394 g/mol. The van der Waals surface area contributed by atoms with Crippen LogP contribution in [0.25, 0.3) is 0 Å². The molecule has 0 fully saturated rings. The van der Waals surface area contributed by atoms with Crippen LogP contribution < -0.4 is 5.32 Å². The van der Waals surface area contributed by atoms with Crippen molar-refractivity contribution in [1.82, 2.24) is 15.1 Å². The van der Waals surface area contributed by atoms with Crippen molar-refractivity contribution in [3.63, 3.8) is 0 Å².